The number of carbonyl (C=O) groups is 2. The molecule has 5 heteroatoms. The van der Waals surface area contributed by atoms with Crippen LogP contribution < -0.4 is 9.47 Å². The number of ketones is 1. The standard InChI is InChI=1S/C28H24O5/c1-19(2)27(29)17-31-25-12-8-21(9-13-25)5-6-22-7-10-24-16-26(14-11-23(24)15-22)32-18-33-28(30)20(3)4/h7-16H,1,3,17-18H2,2,4H3. The zero-order chi connectivity index (χ0) is 23.8. The van der Waals surface area contributed by atoms with E-state index in [1.807, 2.05) is 48.5 Å². The third-order valence-corrected chi connectivity index (χ3v) is 4.63. The maximum Gasteiger partial charge on any atom is 0.335 e. The van der Waals surface area contributed by atoms with Crippen molar-refractivity contribution < 1.29 is 23.8 Å². The Hall–Kier alpha value is -4.30. The van der Waals surface area contributed by atoms with Gasteiger partial charge in [-0.25, -0.2) is 4.79 Å². The lowest BCUT2D eigenvalue weighted by atomic mass is 10.1. The summed E-state index contributed by atoms with van der Waals surface area (Å²) in [4.78, 5) is 23.0. The SMILES string of the molecule is C=C(C)C(=O)COc1ccc(C#Cc2ccc3cc(OCOC(=O)C(=C)C)ccc3c2)cc1. The Morgan fingerprint density at radius 2 is 1.36 bits per heavy atom. The van der Waals surface area contributed by atoms with Gasteiger partial charge in [-0.3, -0.25) is 4.79 Å². The highest BCUT2D eigenvalue weighted by Crippen LogP contribution is 2.22. The number of benzene rings is 3. The number of hydrogen-bond acceptors (Lipinski definition) is 5. The van der Waals surface area contributed by atoms with Gasteiger partial charge in [0, 0.05) is 16.7 Å². The smallest absolute Gasteiger partial charge is 0.335 e. The van der Waals surface area contributed by atoms with E-state index in [0.717, 1.165) is 21.9 Å². The van der Waals surface area contributed by atoms with Crippen LogP contribution in [0.2, 0.25) is 0 Å². The van der Waals surface area contributed by atoms with Crippen LogP contribution in [0.4, 0.5) is 0 Å². The Labute approximate surface area is 193 Å². The van der Waals surface area contributed by atoms with Crippen LogP contribution in [0, 0.1) is 11.8 Å². The van der Waals surface area contributed by atoms with Gasteiger partial charge in [0.15, 0.2) is 12.4 Å². The van der Waals surface area contributed by atoms with Gasteiger partial charge in [0.1, 0.15) is 11.5 Å². The van der Waals surface area contributed by atoms with E-state index < -0.39 is 5.97 Å². The van der Waals surface area contributed by atoms with Crippen molar-refractivity contribution in [3.05, 3.63) is 96.1 Å². The minimum atomic E-state index is -0.487. The van der Waals surface area contributed by atoms with Crippen LogP contribution in [0.5, 0.6) is 11.5 Å². The van der Waals surface area contributed by atoms with Crippen molar-refractivity contribution in [1.82, 2.24) is 0 Å². The number of carbonyl (C=O) groups excluding carboxylic acids is 2. The number of rotatable bonds is 8. The van der Waals surface area contributed by atoms with Crippen LogP contribution in [0.15, 0.2) is 85.0 Å². The molecule has 166 valence electrons. The van der Waals surface area contributed by atoms with Gasteiger partial charge in [0.2, 0.25) is 6.79 Å². The largest absolute Gasteiger partial charge is 0.485 e. The third kappa shape index (κ3) is 6.84. The van der Waals surface area contributed by atoms with Gasteiger partial charge in [-0.15, -0.1) is 0 Å². The lowest BCUT2D eigenvalue weighted by Crippen LogP contribution is -2.11. The molecule has 0 aromatic heterocycles. The second-order valence-electron chi connectivity index (χ2n) is 7.46. The molecule has 0 bridgehead atoms. The van der Waals surface area contributed by atoms with Crippen LogP contribution >= 0.6 is 0 Å². The highest BCUT2D eigenvalue weighted by atomic mass is 16.7. The van der Waals surface area contributed by atoms with Crippen molar-refractivity contribution in [3.8, 4) is 23.3 Å². The first-order chi connectivity index (χ1) is 15.8. The van der Waals surface area contributed by atoms with E-state index in [4.69, 9.17) is 14.2 Å². The molecular weight excluding hydrogens is 416 g/mol. The summed E-state index contributed by atoms with van der Waals surface area (Å²) in [6, 6.07) is 18.8. The van der Waals surface area contributed by atoms with Crippen molar-refractivity contribution in [2.45, 2.75) is 13.8 Å². The van der Waals surface area contributed by atoms with E-state index in [-0.39, 0.29) is 19.2 Å². The summed E-state index contributed by atoms with van der Waals surface area (Å²) >= 11 is 0. The molecule has 3 aromatic rings. The lowest BCUT2D eigenvalue weighted by Gasteiger charge is -2.08. The highest BCUT2D eigenvalue weighted by Gasteiger charge is 2.05. The number of ether oxygens (including phenoxy) is 3. The van der Waals surface area contributed by atoms with E-state index in [9.17, 15) is 9.59 Å². The van der Waals surface area contributed by atoms with Gasteiger partial charge in [0.05, 0.1) is 0 Å². The summed E-state index contributed by atoms with van der Waals surface area (Å²) in [6.07, 6.45) is 0. The number of esters is 1. The topological polar surface area (TPSA) is 61.8 Å². The number of fused-ring (bicyclic) bond motifs is 1. The van der Waals surface area contributed by atoms with Gasteiger partial charge in [-0.1, -0.05) is 37.1 Å². The van der Waals surface area contributed by atoms with Crippen LogP contribution in [0.25, 0.3) is 10.8 Å². The minimum absolute atomic E-state index is 0.0240. The molecule has 33 heavy (non-hydrogen) atoms. The molecule has 0 aliphatic heterocycles. The highest BCUT2D eigenvalue weighted by molar-refractivity contribution is 5.95. The Bertz CT molecular complexity index is 1270. The zero-order valence-corrected chi connectivity index (χ0v) is 18.6. The maximum absolute atomic E-state index is 11.6. The molecule has 0 fully saturated rings. The first-order valence-electron chi connectivity index (χ1n) is 10.2. The van der Waals surface area contributed by atoms with Gasteiger partial charge in [-0.2, -0.15) is 0 Å². The molecule has 0 heterocycles. The van der Waals surface area contributed by atoms with Crippen molar-refractivity contribution in [3.63, 3.8) is 0 Å². The third-order valence-electron chi connectivity index (χ3n) is 4.63. The van der Waals surface area contributed by atoms with Gasteiger partial charge in [0.25, 0.3) is 0 Å². The van der Waals surface area contributed by atoms with Crippen molar-refractivity contribution in [1.29, 1.82) is 0 Å². The lowest BCUT2D eigenvalue weighted by molar-refractivity contribution is -0.145. The molecule has 3 rings (SSSR count). The Morgan fingerprint density at radius 3 is 2.06 bits per heavy atom. The minimum Gasteiger partial charge on any atom is -0.485 e. The van der Waals surface area contributed by atoms with Crippen molar-refractivity contribution in [2.24, 2.45) is 0 Å². The first-order valence-corrected chi connectivity index (χ1v) is 10.2. The molecule has 0 atom stereocenters. The van der Waals surface area contributed by atoms with E-state index in [1.54, 1.807) is 26.0 Å². The Balaban J connectivity index is 1.62. The fourth-order valence-electron chi connectivity index (χ4n) is 2.72. The summed E-state index contributed by atoms with van der Waals surface area (Å²) in [6.45, 7) is 10.2. The summed E-state index contributed by atoms with van der Waals surface area (Å²) in [5.41, 5.74) is 2.51. The molecule has 5 nitrogen and oxygen atoms in total. The molecule has 0 radical (unpaired) electrons. The zero-order valence-electron chi connectivity index (χ0n) is 18.6. The van der Waals surface area contributed by atoms with Crippen LogP contribution in [0.1, 0.15) is 25.0 Å². The summed E-state index contributed by atoms with van der Waals surface area (Å²) < 4.78 is 15.9. The van der Waals surface area contributed by atoms with Crippen molar-refractivity contribution in [2.75, 3.05) is 13.4 Å². The average molecular weight is 440 g/mol. The van der Waals surface area contributed by atoms with E-state index in [2.05, 4.69) is 25.0 Å². The molecule has 0 saturated heterocycles. The molecule has 3 aromatic carbocycles. The van der Waals surface area contributed by atoms with E-state index in [0.29, 0.717) is 22.6 Å². The Kier molecular flexibility index (Phi) is 7.67. The summed E-state index contributed by atoms with van der Waals surface area (Å²) in [5, 5.41) is 1.99. The molecule has 0 aliphatic rings. The van der Waals surface area contributed by atoms with Crippen LogP contribution in [-0.2, 0) is 14.3 Å². The second-order valence-corrected chi connectivity index (χ2v) is 7.46. The Morgan fingerprint density at radius 1 is 0.758 bits per heavy atom. The van der Waals surface area contributed by atoms with E-state index in [1.165, 1.54) is 0 Å². The monoisotopic (exact) mass is 440 g/mol. The van der Waals surface area contributed by atoms with Gasteiger partial charge < -0.3 is 14.2 Å². The van der Waals surface area contributed by atoms with Crippen LogP contribution in [-0.4, -0.2) is 25.2 Å². The first kappa shape index (κ1) is 23.4. The maximum atomic E-state index is 11.6. The number of Topliss-reactive ketones (excluding diaryl/α,β-unsaturated/α-hetero) is 1. The molecular formula is C28H24O5. The van der Waals surface area contributed by atoms with Crippen molar-refractivity contribution >= 4 is 22.5 Å². The molecule has 0 unspecified atom stereocenters. The second kappa shape index (κ2) is 10.8. The summed E-state index contributed by atoms with van der Waals surface area (Å²) in [7, 11) is 0. The predicted molar refractivity (Wildman–Crippen MR) is 128 cm³/mol. The number of hydrogen-bond donors (Lipinski definition) is 0. The molecule has 0 saturated carbocycles. The molecule has 0 spiro atoms. The van der Waals surface area contributed by atoms with Crippen LogP contribution in [0.3, 0.4) is 0 Å². The average Bonchev–Trinajstić information content (AvgIpc) is 2.81. The quantitative estimate of drug-likeness (QED) is 0.208. The fraction of sp³-hybridized carbons (Fsp3) is 0.143. The predicted octanol–water partition coefficient (Wildman–Crippen LogP) is 5.22. The van der Waals surface area contributed by atoms with Gasteiger partial charge in [-0.05, 0) is 78.7 Å². The van der Waals surface area contributed by atoms with Gasteiger partial charge >= 0.3 is 5.97 Å². The molecule has 0 N–H and O–H groups in total. The van der Waals surface area contributed by atoms with E-state index >= 15 is 0 Å². The fourth-order valence-corrected chi connectivity index (χ4v) is 2.72. The summed E-state index contributed by atoms with van der Waals surface area (Å²) in [5.74, 6) is 6.88. The molecule has 0 aliphatic carbocycles. The normalized spacial score (nSPS) is 10.0. The molecule has 0 amide bonds.